The highest BCUT2D eigenvalue weighted by Gasteiger charge is 2.16. The Bertz CT molecular complexity index is 1340. The van der Waals surface area contributed by atoms with E-state index in [-0.39, 0.29) is 6.79 Å². The standard InChI is InChI=1S/C26H24N4O3S/c1-17-25(28-26(34)27-20-11-12-23-24(14-20)32-16-31-23)18(2)30(29-17)15-19-7-6-10-22(13-19)33-21-8-4-3-5-9-21/h3-14H,15-16H2,1-2H3,(H2,27,28,34). The molecule has 1 aliphatic rings. The third kappa shape index (κ3) is 4.82. The van der Waals surface area contributed by atoms with E-state index >= 15 is 0 Å². The van der Waals surface area contributed by atoms with Gasteiger partial charge in [-0.3, -0.25) is 4.68 Å². The second-order valence-electron chi connectivity index (χ2n) is 7.91. The van der Waals surface area contributed by atoms with E-state index in [1.54, 1.807) is 0 Å². The van der Waals surface area contributed by atoms with Crippen LogP contribution in [0.25, 0.3) is 0 Å². The van der Waals surface area contributed by atoms with Gasteiger partial charge in [0.25, 0.3) is 0 Å². The molecule has 0 aliphatic carbocycles. The fourth-order valence-corrected chi connectivity index (χ4v) is 4.01. The summed E-state index contributed by atoms with van der Waals surface area (Å²) in [6.07, 6.45) is 0. The van der Waals surface area contributed by atoms with Gasteiger partial charge in [0.05, 0.1) is 23.6 Å². The molecule has 1 aliphatic heterocycles. The predicted octanol–water partition coefficient (Wildman–Crippen LogP) is 5.88. The van der Waals surface area contributed by atoms with E-state index < -0.39 is 0 Å². The Kier molecular flexibility index (Phi) is 6.05. The first-order chi connectivity index (χ1) is 16.5. The number of hydrogen-bond acceptors (Lipinski definition) is 5. The van der Waals surface area contributed by atoms with Crippen LogP contribution in [0.2, 0.25) is 0 Å². The van der Waals surface area contributed by atoms with Gasteiger partial charge in [0.2, 0.25) is 6.79 Å². The van der Waals surface area contributed by atoms with Gasteiger partial charge in [-0.15, -0.1) is 0 Å². The number of fused-ring (bicyclic) bond motifs is 1. The molecule has 3 aromatic carbocycles. The van der Waals surface area contributed by atoms with Gasteiger partial charge in [-0.1, -0.05) is 30.3 Å². The summed E-state index contributed by atoms with van der Waals surface area (Å²) < 4.78 is 18.7. The Morgan fingerprint density at radius 1 is 0.941 bits per heavy atom. The van der Waals surface area contributed by atoms with E-state index in [0.717, 1.165) is 45.6 Å². The van der Waals surface area contributed by atoms with Gasteiger partial charge in [-0.25, -0.2) is 0 Å². The van der Waals surface area contributed by atoms with Crippen LogP contribution in [0.3, 0.4) is 0 Å². The molecular formula is C26H24N4O3S. The number of thiocarbonyl (C=S) groups is 1. The summed E-state index contributed by atoms with van der Waals surface area (Å²) in [6.45, 7) is 4.84. The Labute approximate surface area is 203 Å². The minimum atomic E-state index is 0.236. The molecule has 0 unspecified atom stereocenters. The SMILES string of the molecule is Cc1nn(Cc2cccc(Oc3ccccc3)c2)c(C)c1NC(=S)Nc1ccc2c(c1)OCO2. The highest BCUT2D eigenvalue weighted by atomic mass is 32.1. The third-order valence-electron chi connectivity index (χ3n) is 5.46. The van der Waals surface area contributed by atoms with E-state index in [1.807, 2.05) is 85.3 Å². The van der Waals surface area contributed by atoms with Crippen LogP contribution in [0.15, 0.2) is 72.8 Å². The number of nitrogens with one attached hydrogen (secondary N) is 2. The van der Waals surface area contributed by atoms with Crippen molar-refractivity contribution in [2.45, 2.75) is 20.4 Å². The lowest BCUT2D eigenvalue weighted by atomic mass is 10.2. The zero-order valence-electron chi connectivity index (χ0n) is 18.9. The first-order valence-electron chi connectivity index (χ1n) is 10.9. The van der Waals surface area contributed by atoms with Gasteiger partial charge < -0.3 is 24.8 Å². The maximum Gasteiger partial charge on any atom is 0.231 e. The molecule has 0 atom stereocenters. The van der Waals surface area contributed by atoms with Crippen LogP contribution in [0.1, 0.15) is 17.0 Å². The Morgan fingerprint density at radius 2 is 1.74 bits per heavy atom. The van der Waals surface area contributed by atoms with Gasteiger partial charge >= 0.3 is 0 Å². The van der Waals surface area contributed by atoms with E-state index in [4.69, 9.17) is 31.5 Å². The van der Waals surface area contributed by atoms with Gasteiger partial charge in [0.15, 0.2) is 16.6 Å². The molecule has 2 heterocycles. The molecular weight excluding hydrogens is 448 g/mol. The van der Waals surface area contributed by atoms with Crippen molar-refractivity contribution in [3.63, 3.8) is 0 Å². The van der Waals surface area contributed by atoms with Gasteiger partial charge in [0, 0.05) is 11.8 Å². The molecule has 4 aromatic rings. The number of hydrogen-bond donors (Lipinski definition) is 2. The van der Waals surface area contributed by atoms with Crippen molar-refractivity contribution in [1.82, 2.24) is 9.78 Å². The molecule has 0 saturated heterocycles. The average molecular weight is 473 g/mol. The monoisotopic (exact) mass is 472 g/mol. The quantitative estimate of drug-likeness (QED) is 0.340. The smallest absolute Gasteiger partial charge is 0.231 e. The lowest BCUT2D eigenvalue weighted by molar-refractivity contribution is 0.174. The zero-order chi connectivity index (χ0) is 23.5. The summed E-state index contributed by atoms with van der Waals surface area (Å²) >= 11 is 5.54. The summed E-state index contributed by atoms with van der Waals surface area (Å²) in [4.78, 5) is 0. The summed E-state index contributed by atoms with van der Waals surface area (Å²) in [5.41, 5.74) is 4.65. The molecule has 2 N–H and O–H groups in total. The highest BCUT2D eigenvalue weighted by Crippen LogP contribution is 2.34. The van der Waals surface area contributed by atoms with Crippen LogP contribution in [0, 0.1) is 13.8 Å². The van der Waals surface area contributed by atoms with Gasteiger partial charge in [-0.05, 0) is 68.0 Å². The Hall–Kier alpha value is -4.04. The van der Waals surface area contributed by atoms with Crippen LogP contribution >= 0.6 is 12.2 Å². The normalized spacial score (nSPS) is 11.8. The minimum Gasteiger partial charge on any atom is -0.457 e. The molecule has 34 heavy (non-hydrogen) atoms. The molecule has 0 saturated carbocycles. The summed E-state index contributed by atoms with van der Waals surface area (Å²) in [5.74, 6) is 3.03. The van der Waals surface area contributed by atoms with E-state index in [0.29, 0.717) is 17.4 Å². The molecule has 0 spiro atoms. The fourth-order valence-electron chi connectivity index (χ4n) is 3.79. The Balaban J connectivity index is 1.27. The summed E-state index contributed by atoms with van der Waals surface area (Å²) in [7, 11) is 0. The predicted molar refractivity (Wildman–Crippen MR) is 136 cm³/mol. The van der Waals surface area contributed by atoms with Crippen molar-refractivity contribution in [3.05, 3.63) is 89.7 Å². The molecule has 5 rings (SSSR count). The summed E-state index contributed by atoms with van der Waals surface area (Å²) in [6, 6.07) is 23.4. The molecule has 1 aromatic heterocycles. The first kappa shape index (κ1) is 21.8. The number of aromatic nitrogens is 2. The average Bonchev–Trinajstić information content (AvgIpc) is 3.40. The van der Waals surface area contributed by atoms with Crippen LogP contribution in [-0.4, -0.2) is 21.7 Å². The van der Waals surface area contributed by atoms with Crippen molar-refractivity contribution in [2.75, 3.05) is 17.4 Å². The number of nitrogens with zero attached hydrogens (tertiary/aromatic N) is 2. The molecule has 0 fully saturated rings. The molecule has 0 radical (unpaired) electrons. The highest BCUT2D eigenvalue weighted by molar-refractivity contribution is 7.80. The van der Waals surface area contributed by atoms with E-state index in [2.05, 4.69) is 16.7 Å². The van der Waals surface area contributed by atoms with Crippen molar-refractivity contribution < 1.29 is 14.2 Å². The second-order valence-corrected chi connectivity index (χ2v) is 8.32. The van der Waals surface area contributed by atoms with E-state index in [1.165, 1.54) is 0 Å². The molecule has 172 valence electrons. The lowest BCUT2D eigenvalue weighted by Gasteiger charge is -2.12. The van der Waals surface area contributed by atoms with Gasteiger partial charge in [-0.2, -0.15) is 5.10 Å². The molecule has 7 nitrogen and oxygen atoms in total. The number of ether oxygens (including phenoxy) is 3. The van der Waals surface area contributed by atoms with Crippen molar-refractivity contribution in [3.8, 4) is 23.0 Å². The van der Waals surface area contributed by atoms with Crippen molar-refractivity contribution >= 4 is 28.7 Å². The summed E-state index contributed by atoms with van der Waals surface area (Å²) in [5, 5.41) is 11.7. The molecule has 8 heteroatoms. The first-order valence-corrected chi connectivity index (χ1v) is 11.3. The minimum absolute atomic E-state index is 0.236. The number of para-hydroxylation sites is 1. The zero-order valence-corrected chi connectivity index (χ0v) is 19.7. The van der Waals surface area contributed by atoms with Crippen LogP contribution < -0.4 is 24.8 Å². The fraction of sp³-hybridized carbons (Fsp3) is 0.154. The second kappa shape index (κ2) is 9.44. The lowest BCUT2D eigenvalue weighted by Crippen LogP contribution is -2.20. The topological polar surface area (TPSA) is 69.6 Å². The van der Waals surface area contributed by atoms with Crippen molar-refractivity contribution in [1.29, 1.82) is 0 Å². The number of anilines is 2. The number of aryl methyl sites for hydroxylation is 1. The number of rotatable bonds is 6. The molecule has 0 amide bonds. The van der Waals surface area contributed by atoms with Crippen LogP contribution in [-0.2, 0) is 6.54 Å². The maximum absolute atomic E-state index is 5.97. The van der Waals surface area contributed by atoms with Crippen molar-refractivity contribution in [2.24, 2.45) is 0 Å². The van der Waals surface area contributed by atoms with Crippen LogP contribution in [0.5, 0.6) is 23.0 Å². The maximum atomic E-state index is 5.97. The molecule has 0 bridgehead atoms. The third-order valence-corrected chi connectivity index (χ3v) is 5.66. The largest absolute Gasteiger partial charge is 0.457 e. The Morgan fingerprint density at radius 3 is 2.59 bits per heavy atom. The number of benzene rings is 3. The van der Waals surface area contributed by atoms with E-state index in [9.17, 15) is 0 Å². The van der Waals surface area contributed by atoms with Crippen LogP contribution in [0.4, 0.5) is 11.4 Å². The van der Waals surface area contributed by atoms with Gasteiger partial charge in [0.1, 0.15) is 11.5 Å².